The lowest BCUT2D eigenvalue weighted by Crippen LogP contribution is -2.31. The standard InChI is InChI=1S/C22H22N2O3/c25-21(14-7-15-23-22(26)20-13-8-16-27-20)24(19-11-5-2-6-12-19)17-18-9-3-1-4-10-18/h1-6,8-13,16H,7,14-15,17H2,(H,23,26). The van der Waals surface area contributed by atoms with Crippen LogP contribution in [-0.4, -0.2) is 18.4 Å². The second kappa shape index (κ2) is 9.38. The van der Waals surface area contributed by atoms with Crippen molar-refractivity contribution in [3.8, 4) is 0 Å². The zero-order valence-corrected chi connectivity index (χ0v) is 15.0. The number of benzene rings is 2. The van der Waals surface area contributed by atoms with Crippen molar-refractivity contribution in [3.05, 3.63) is 90.4 Å². The van der Waals surface area contributed by atoms with E-state index in [1.54, 1.807) is 17.0 Å². The van der Waals surface area contributed by atoms with Gasteiger partial charge in [0.15, 0.2) is 5.76 Å². The van der Waals surface area contributed by atoms with E-state index in [-0.39, 0.29) is 17.6 Å². The number of para-hydroxylation sites is 1. The van der Waals surface area contributed by atoms with Crippen molar-refractivity contribution in [2.75, 3.05) is 11.4 Å². The van der Waals surface area contributed by atoms with Crippen LogP contribution in [0.4, 0.5) is 5.69 Å². The molecule has 1 heterocycles. The molecule has 0 saturated carbocycles. The second-order valence-electron chi connectivity index (χ2n) is 6.14. The summed E-state index contributed by atoms with van der Waals surface area (Å²) in [6, 6.07) is 22.8. The highest BCUT2D eigenvalue weighted by Crippen LogP contribution is 2.18. The molecule has 138 valence electrons. The Kier molecular flexibility index (Phi) is 6.41. The lowest BCUT2D eigenvalue weighted by molar-refractivity contribution is -0.118. The summed E-state index contributed by atoms with van der Waals surface area (Å²) in [6.07, 6.45) is 2.36. The third kappa shape index (κ3) is 5.31. The Morgan fingerprint density at radius 3 is 2.26 bits per heavy atom. The Morgan fingerprint density at radius 2 is 1.59 bits per heavy atom. The number of furan rings is 1. The largest absolute Gasteiger partial charge is 0.459 e. The average Bonchev–Trinajstić information content (AvgIpc) is 3.25. The summed E-state index contributed by atoms with van der Waals surface area (Å²) in [7, 11) is 0. The third-order valence-corrected chi connectivity index (χ3v) is 4.15. The zero-order chi connectivity index (χ0) is 18.9. The number of carbonyl (C=O) groups excluding carboxylic acids is 2. The molecule has 5 nitrogen and oxygen atoms in total. The Balaban J connectivity index is 1.57. The molecule has 2 aromatic carbocycles. The van der Waals surface area contributed by atoms with Crippen LogP contribution in [0.1, 0.15) is 29.0 Å². The van der Waals surface area contributed by atoms with Crippen LogP contribution in [-0.2, 0) is 11.3 Å². The predicted molar refractivity (Wildman–Crippen MR) is 104 cm³/mol. The molecule has 1 aromatic heterocycles. The molecule has 0 spiro atoms. The summed E-state index contributed by atoms with van der Waals surface area (Å²) in [5.41, 5.74) is 1.94. The highest BCUT2D eigenvalue weighted by Gasteiger charge is 2.16. The van der Waals surface area contributed by atoms with Crippen molar-refractivity contribution in [2.45, 2.75) is 19.4 Å². The minimum Gasteiger partial charge on any atom is -0.459 e. The van der Waals surface area contributed by atoms with E-state index < -0.39 is 0 Å². The van der Waals surface area contributed by atoms with Gasteiger partial charge in [0.1, 0.15) is 0 Å². The SMILES string of the molecule is O=C(NCCCC(=O)N(Cc1ccccc1)c1ccccc1)c1ccco1. The Bertz CT molecular complexity index is 846. The molecule has 0 bridgehead atoms. The van der Waals surface area contributed by atoms with E-state index in [9.17, 15) is 9.59 Å². The molecular weight excluding hydrogens is 340 g/mol. The highest BCUT2D eigenvalue weighted by molar-refractivity contribution is 5.93. The highest BCUT2D eigenvalue weighted by atomic mass is 16.3. The molecule has 3 rings (SSSR count). The molecule has 0 aliphatic carbocycles. The fourth-order valence-electron chi connectivity index (χ4n) is 2.77. The summed E-state index contributed by atoms with van der Waals surface area (Å²) in [5.74, 6) is 0.0327. The molecular formula is C22H22N2O3. The van der Waals surface area contributed by atoms with E-state index in [0.29, 0.717) is 25.9 Å². The predicted octanol–water partition coefficient (Wildman–Crippen LogP) is 4.02. The summed E-state index contributed by atoms with van der Waals surface area (Å²) < 4.78 is 5.05. The fourth-order valence-corrected chi connectivity index (χ4v) is 2.77. The van der Waals surface area contributed by atoms with Gasteiger partial charge in [-0.1, -0.05) is 48.5 Å². The fraction of sp³-hybridized carbons (Fsp3) is 0.182. The van der Waals surface area contributed by atoms with Crippen LogP contribution in [0.15, 0.2) is 83.5 Å². The molecule has 27 heavy (non-hydrogen) atoms. The van der Waals surface area contributed by atoms with E-state index >= 15 is 0 Å². The number of nitrogens with one attached hydrogen (secondary N) is 1. The van der Waals surface area contributed by atoms with E-state index in [4.69, 9.17) is 4.42 Å². The van der Waals surface area contributed by atoms with Crippen molar-refractivity contribution in [1.82, 2.24) is 5.32 Å². The van der Waals surface area contributed by atoms with Gasteiger partial charge in [-0.2, -0.15) is 0 Å². The van der Waals surface area contributed by atoms with Gasteiger partial charge in [-0.15, -0.1) is 0 Å². The molecule has 5 heteroatoms. The van der Waals surface area contributed by atoms with Crippen molar-refractivity contribution < 1.29 is 14.0 Å². The van der Waals surface area contributed by atoms with Gasteiger partial charge in [0, 0.05) is 18.7 Å². The monoisotopic (exact) mass is 362 g/mol. The molecule has 1 N–H and O–H groups in total. The summed E-state index contributed by atoms with van der Waals surface area (Å²) >= 11 is 0. The van der Waals surface area contributed by atoms with Crippen molar-refractivity contribution in [3.63, 3.8) is 0 Å². The Morgan fingerprint density at radius 1 is 0.889 bits per heavy atom. The Hall–Kier alpha value is -3.34. The van der Waals surface area contributed by atoms with Crippen LogP contribution >= 0.6 is 0 Å². The first-order valence-corrected chi connectivity index (χ1v) is 8.95. The first-order valence-electron chi connectivity index (χ1n) is 8.95. The van der Waals surface area contributed by atoms with Gasteiger partial charge in [-0.3, -0.25) is 9.59 Å². The maximum atomic E-state index is 12.8. The van der Waals surface area contributed by atoms with Gasteiger partial charge >= 0.3 is 0 Å². The minimum absolute atomic E-state index is 0.0253. The molecule has 0 aliphatic rings. The zero-order valence-electron chi connectivity index (χ0n) is 15.0. The molecule has 0 atom stereocenters. The van der Waals surface area contributed by atoms with Crippen molar-refractivity contribution in [1.29, 1.82) is 0 Å². The first-order chi connectivity index (χ1) is 13.2. The minimum atomic E-state index is -0.267. The summed E-state index contributed by atoms with van der Waals surface area (Å²) in [5, 5.41) is 2.77. The molecule has 3 aromatic rings. The number of hydrogen-bond donors (Lipinski definition) is 1. The first kappa shape index (κ1) is 18.5. The van der Waals surface area contributed by atoms with Gasteiger partial charge < -0.3 is 14.6 Å². The van der Waals surface area contributed by atoms with Crippen LogP contribution in [0.5, 0.6) is 0 Å². The van der Waals surface area contributed by atoms with Crippen LogP contribution < -0.4 is 10.2 Å². The Labute approximate surface area is 158 Å². The van der Waals surface area contributed by atoms with Gasteiger partial charge in [-0.25, -0.2) is 0 Å². The second-order valence-corrected chi connectivity index (χ2v) is 6.14. The molecule has 0 saturated heterocycles. The topological polar surface area (TPSA) is 62.6 Å². The molecule has 0 aliphatic heterocycles. The van der Waals surface area contributed by atoms with Crippen LogP contribution in [0, 0.1) is 0 Å². The van der Waals surface area contributed by atoms with Crippen LogP contribution in [0.25, 0.3) is 0 Å². The van der Waals surface area contributed by atoms with Crippen LogP contribution in [0.3, 0.4) is 0 Å². The van der Waals surface area contributed by atoms with E-state index in [2.05, 4.69) is 5.32 Å². The van der Waals surface area contributed by atoms with Crippen LogP contribution in [0.2, 0.25) is 0 Å². The number of nitrogens with zero attached hydrogens (tertiary/aromatic N) is 1. The van der Waals surface area contributed by atoms with Gasteiger partial charge in [0.05, 0.1) is 12.8 Å². The summed E-state index contributed by atoms with van der Waals surface area (Å²) in [4.78, 5) is 26.4. The maximum absolute atomic E-state index is 12.8. The molecule has 0 fully saturated rings. The number of rotatable bonds is 8. The molecule has 2 amide bonds. The lowest BCUT2D eigenvalue weighted by Gasteiger charge is -2.23. The van der Waals surface area contributed by atoms with E-state index in [1.807, 2.05) is 60.7 Å². The van der Waals surface area contributed by atoms with Crippen molar-refractivity contribution >= 4 is 17.5 Å². The normalized spacial score (nSPS) is 10.4. The average molecular weight is 362 g/mol. The quantitative estimate of drug-likeness (QED) is 0.616. The van der Waals surface area contributed by atoms with Gasteiger partial charge in [-0.05, 0) is 36.2 Å². The maximum Gasteiger partial charge on any atom is 0.286 e. The summed E-state index contributed by atoms with van der Waals surface area (Å²) in [6.45, 7) is 0.932. The van der Waals surface area contributed by atoms with E-state index in [1.165, 1.54) is 6.26 Å². The number of carbonyl (C=O) groups is 2. The third-order valence-electron chi connectivity index (χ3n) is 4.15. The van der Waals surface area contributed by atoms with E-state index in [0.717, 1.165) is 11.3 Å². The van der Waals surface area contributed by atoms with Crippen molar-refractivity contribution in [2.24, 2.45) is 0 Å². The number of hydrogen-bond acceptors (Lipinski definition) is 3. The lowest BCUT2D eigenvalue weighted by atomic mass is 10.1. The smallest absolute Gasteiger partial charge is 0.286 e. The number of amides is 2. The molecule has 0 radical (unpaired) electrons. The number of anilines is 1. The van der Waals surface area contributed by atoms with Gasteiger partial charge in [0.2, 0.25) is 5.91 Å². The molecule has 0 unspecified atom stereocenters. The van der Waals surface area contributed by atoms with Gasteiger partial charge in [0.25, 0.3) is 5.91 Å².